The van der Waals surface area contributed by atoms with Gasteiger partial charge in [-0.05, 0) is 42.7 Å². The molecule has 0 aliphatic heterocycles. The topological polar surface area (TPSA) is 72.0 Å². The Morgan fingerprint density at radius 1 is 1.19 bits per heavy atom. The van der Waals surface area contributed by atoms with Gasteiger partial charge in [0.2, 0.25) is 11.9 Å². The molecule has 0 atom stereocenters. The van der Waals surface area contributed by atoms with E-state index in [1.807, 2.05) is 19.2 Å². The van der Waals surface area contributed by atoms with Crippen molar-refractivity contribution >= 4 is 23.2 Å². The lowest BCUT2D eigenvalue weighted by molar-refractivity contribution is 0.222. The van der Waals surface area contributed by atoms with Crippen LogP contribution in [0.5, 0.6) is 6.01 Å². The molecule has 2 aromatic heterocycles. The van der Waals surface area contributed by atoms with Crippen molar-refractivity contribution in [1.82, 2.24) is 15.0 Å². The monoisotopic (exact) mass is 307 g/mol. The van der Waals surface area contributed by atoms with E-state index in [1.54, 1.807) is 11.3 Å². The Kier molecular flexibility index (Phi) is 5.74. The van der Waals surface area contributed by atoms with Crippen LogP contribution in [0.3, 0.4) is 0 Å². The van der Waals surface area contributed by atoms with Crippen molar-refractivity contribution in [3.05, 3.63) is 22.4 Å². The number of rotatable bonds is 8. The van der Waals surface area contributed by atoms with Crippen LogP contribution in [0.4, 0.5) is 11.9 Å². The Morgan fingerprint density at radius 2 is 1.95 bits per heavy atom. The Hall–Kier alpha value is -1.89. The average Bonchev–Trinajstić information content (AvgIpc) is 2.95. The minimum Gasteiger partial charge on any atom is -0.461 e. The van der Waals surface area contributed by atoms with Crippen LogP contribution < -0.4 is 15.4 Å². The van der Waals surface area contributed by atoms with Crippen molar-refractivity contribution < 1.29 is 4.74 Å². The molecule has 2 aromatic rings. The molecule has 0 bridgehead atoms. The van der Waals surface area contributed by atoms with E-state index in [-0.39, 0.29) is 6.10 Å². The van der Waals surface area contributed by atoms with Crippen LogP contribution in [0, 0.1) is 0 Å². The zero-order valence-electron chi connectivity index (χ0n) is 12.6. The van der Waals surface area contributed by atoms with Crippen molar-refractivity contribution in [1.29, 1.82) is 0 Å². The fourth-order valence-corrected chi connectivity index (χ4v) is 2.26. The van der Waals surface area contributed by atoms with Gasteiger partial charge in [-0.3, -0.25) is 0 Å². The maximum atomic E-state index is 5.57. The molecule has 0 unspecified atom stereocenters. The van der Waals surface area contributed by atoms with Gasteiger partial charge in [0.05, 0.1) is 6.10 Å². The van der Waals surface area contributed by atoms with Crippen molar-refractivity contribution in [3.8, 4) is 6.01 Å². The normalized spacial score (nSPS) is 10.7. The first-order chi connectivity index (χ1) is 10.2. The van der Waals surface area contributed by atoms with E-state index >= 15 is 0 Å². The number of thiophene rings is 1. The molecule has 114 valence electrons. The third-order valence-electron chi connectivity index (χ3n) is 2.52. The van der Waals surface area contributed by atoms with Crippen LogP contribution in [0.1, 0.15) is 32.8 Å². The van der Waals surface area contributed by atoms with Gasteiger partial charge < -0.3 is 15.4 Å². The molecule has 2 rings (SSSR count). The lowest BCUT2D eigenvalue weighted by Crippen LogP contribution is -2.14. The summed E-state index contributed by atoms with van der Waals surface area (Å²) in [5, 5.41) is 10.5. The van der Waals surface area contributed by atoms with Crippen molar-refractivity contribution in [2.45, 2.75) is 39.8 Å². The maximum absolute atomic E-state index is 5.57. The van der Waals surface area contributed by atoms with E-state index in [0.717, 1.165) is 13.0 Å². The number of nitrogens with zero attached hydrogens (tertiary/aromatic N) is 3. The summed E-state index contributed by atoms with van der Waals surface area (Å²) < 4.78 is 5.57. The van der Waals surface area contributed by atoms with Crippen molar-refractivity contribution in [2.24, 2.45) is 0 Å². The van der Waals surface area contributed by atoms with Gasteiger partial charge >= 0.3 is 6.01 Å². The van der Waals surface area contributed by atoms with Crippen LogP contribution in [-0.4, -0.2) is 27.6 Å². The molecule has 2 heterocycles. The molecule has 7 heteroatoms. The van der Waals surface area contributed by atoms with E-state index in [2.05, 4.69) is 44.0 Å². The fourth-order valence-electron chi connectivity index (χ4n) is 1.59. The van der Waals surface area contributed by atoms with Crippen molar-refractivity contribution in [2.75, 3.05) is 17.2 Å². The number of aromatic nitrogens is 3. The molecule has 0 aliphatic rings. The third kappa shape index (κ3) is 5.18. The SMILES string of the molecule is CCCNc1nc(NCc2ccsc2)nc(OC(C)C)n1. The molecule has 6 nitrogen and oxygen atoms in total. The van der Waals surface area contributed by atoms with Gasteiger partial charge in [-0.15, -0.1) is 0 Å². The summed E-state index contributed by atoms with van der Waals surface area (Å²) in [5.74, 6) is 1.06. The summed E-state index contributed by atoms with van der Waals surface area (Å²) in [7, 11) is 0. The molecule has 0 spiro atoms. The fraction of sp³-hybridized carbons (Fsp3) is 0.500. The number of hydrogen-bond acceptors (Lipinski definition) is 7. The number of ether oxygens (including phenoxy) is 1. The summed E-state index contributed by atoms with van der Waals surface area (Å²) >= 11 is 1.67. The summed E-state index contributed by atoms with van der Waals surface area (Å²) in [4.78, 5) is 12.9. The average molecular weight is 307 g/mol. The number of anilines is 2. The summed E-state index contributed by atoms with van der Waals surface area (Å²) in [6.45, 7) is 7.48. The molecule has 0 saturated heterocycles. The number of hydrogen-bond donors (Lipinski definition) is 2. The number of nitrogens with one attached hydrogen (secondary N) is 2. The first-order valence-corrected chi connectivity index (χ1v) is 8.03. The maximum Gasteiger partial charge on any atom is 0.323 e. The molecule has 0 aliphatic carbocycles. The molecule has 0 aromatic carbocycles. The molecule has 0 amide bonds. The predicted molar refractivity (Wildman–Crippen MR) is 86.0 cm³/mol. The summed E-state index contributed by atoms with van der Waals surface area (Å²) in [6, 6.07) is 2.41. The largest absolute Gasteiger partial charge is 0.461 e. The van der Waals surface area contributed by atoms with Crippen LogP contribution in [0.15, 0.2) is 16.8 Å². The van der Waals surface area contributed by atoms with E-state index in [9.17, 15) is 0 Å². The highest BCUT2D eigenvalue weighted by molar-refractivity contribution is 7.07. The molecule has 2 N–H and O–H groups in total. The van der Waals surface area contributed by atoms with E-state index in [1.165, 1.54) is 5.56 Å². The highest BCUT2D eigenvalue weighted by atomic mass is 32.1. The first kappa shape index (κ1) is 15.5. The van der Waals surface area contributed by atoms with Crippen molar-refractivity contribution in [3.63, 3.8) is 0 Å². The van der Waals surface area contributed by atoms with Crippen LogP contribution in [0.25, 0.3) is 0 Å². The molecule has 0 radical (unpaired) electrons. The zero-order chi connectivity index (χ0) is 15.1. The van der Waals surface area contributed by atoms with Gasteiger partial charge in [0.25, 0.3) is 0 Å². The quantitative estimate of drug-likeness (QED) is 0.780. The highest BCUT2D eigenvalue weighted by Gasteiger charge is 2.08. The predicted octanol–water partition coefficient (Wildman–Crippen LogP) is 3.15. The minimum atomic E-state index is 0.0242. The first-order valence-electron chi connectivity index (χ1n) is 7.09. The molecular weight excluding hydrogens is 286 g/mol. The Morgan fingerprint density at radius 3 is 2.57 bits per heavy atom. The lowest BCUT2D eigenvalue weighted by Gasteiger charge is -2.11. The minimum absolute atomic E-state index is 0.0242. The molecule has 0 saturated carbocycles. The summed E-state index contributed by atoms with van der Waals surface area (Å²) in [6.07, 6.45) is 1.03. The second-order valence-corrected chi connectivity index (χ2v) is 5.62. The van der Waals surface area contributed by atoms with Crippen LogP contribution in [0.2, 0.25) is 0 Å². The van der Waals surface area contributed by atoms with Gasteiger partial charge in [-0.1, -0.05) is 6.92 Å². The van der Waals surface area contributed by atoms with E-state index < -0.39 is 0 Å². The standard InChI is InChI=1S/C14H21N5OS/c1-4-6-15-12-17-13(16-8-11-5-7-21-9-11)19-14(18-12)20-10(2)3/h5,7,9-10H,4,6,8H2,1-3H3,(H2,15,16,17,18,19). The third-order valence-corrected chi connectivity index (χ3v) is 3.25. The lowest BCUT2D eigenvalue weighted by atomic mass is 10.3. The molecule has 0 fully saturated rings. The summed E-state index contributed by atoms with van der Waals surface area (Å²) in [5.41, 5.74) is 1.20. The smallest absolute Gasteiger partial charge is 0.323 e. The molecule has 21 heavy (non-hydrogen) atoms. The second-order valence-electron chi connectivity index (χ2n) is 4.84. The van der Waals surface area contributed by atoms with Crippen LogP contribution in [-0.2, 0) is 6.54 Å². The van der Waals surface area contributed by atoms with Gasteiger partial charge in [0, 0.05) is 13.1 Å². The van der Waals surface area contributed by atoms with Crippen LogP contribution >= 0.6 is 11.3 Å². The Labute approximate surface area is 129 Å². The second kappa shape index (κ2) is 7.78. The van der Waals surface area contributed by atoms with E-state index in [0.29, 0.717) is 24.5 Å². The van der Waals surface area contributed by atoms with Gasteiger partial charge in [-0.2, -0.15) is 26.3 Å². The van der Waals surface area contributed by atoms with E-state index in [4.69, 9.17) is 4.74 Å². The van der Waals surface area contributed by atoms with Gasteiger partial charge in [0.1, 0.15) is 0 Å². The Bertz CT molecular complexity index is 544. The zero-order valence-corrected chi connectivity index (χ0v) is 13.4. The van der Waals surface area contributed by atoms with Gasteiger partial charge in [-0.25, -0.2) is 0 Å². The van der Waals surface area contributed by atoms with Gasteiger partial charge in [0.15, 0.2) is 0 Å². The molecular formula is C14H21N5OS. The Balaban J connectivity index is 2.09. The highest BCUT2D eigenvalue weighted by Crippen LogP contribution is 2.14.